The highest BCUT2D eigenvalue weighted by molar-refractivity contribution is 5.86. The second-order valence-corrected chi connectivity index (χ2v) is 11.0. The number of fused-ring (bicyclic) bond motifs is 2. The third kappa shape index (κ3) is 3.22. The van der Waals surface area contributed by atoms with Gasteiger partial charge in [0, 0.05) is 6.61 Å². The molecule has 2 bridgehead atoms. The molecule has 1 amide bonds. The number of amides is 1. The molecule has 5 nitrogen and oxygen atoms in total. The Hall–Kier alpha value is -2.15. The van der Waals surface area contributed by atoms with Crippen molar-refractivity contribution in [2.45, 2.75) is 65.0 Å². The number of likely N-dealkylation sites (tertiary alicyclic amines) is 1. The molecule has 4 unspecified atom stereocenters. The Bertz CT molecular complexity index is 1000. The first-order chi connectivity index (χ1) is 15.6. The van der Waals surface area contributed by atoms with E-state index in [2.05, 4.69) is 31.0 Å². The number of carbonyl (C=O) groups excluding carboxylic acids is 1. The van der Waals surface area contributed by atoms with Crippen LogP contribution in [-0.2, 0) is 9.53 Å². The van der Waals surface area contributed by atoms with Crippen LogP contribution in [0.4, 0.5) is 8.78 Å². The summed E-state index contributed by atoms with van der Waals surface area (Å²) in [5.41, 5.74) is -1.19. The van der Waals surface area contributed by atoms with E-state index in [9.17, 15) is 13.6 Å². The lowest BCUT2D eigenvalue weighted by Gasteiger charge is -2.54. The lowest BCUT2D eigenvalue weighted by atomic mass is 9.58. The van der Waals surface area contributed by atoms with Gasteiger partial charge in [-0.15, -0.1) is 0 Å². The zero-order valence-electron chi connectivity index (χ0n) is 19.9. The molecule has 1 aromatic rings. The number of hydrogen-bond donors (Lipinski definition) is 0. The van der Waals surface area contributed by atoms with Gasteiger partial charge in [-0.05, 0) is 62.0 Å². The van der Waals surface area contributed by atoms with Crippen molar-refractivity contribution in [3.8, 4) is 0 Å². The molecule has 5 rings (SSSR count). The van der Waals surface area contributed by atoms with Gasteiger partial charge >= 0.3 is 0 Å². The topological polar surface area (TPSA) is 54.3 Å². The van der Waals surface area contributed by atoms with Crippen LogP contribution in [0.5, 0.6) is 0 Å². The molecule has 0 radical (unpaired) electrons. The van der Waals surface area contributed by atoms with E-state index in [-0.39, 0.29) is 40.0 Å². The first-order valence-electron chi connectivity index (χ1n) is 12.1. The van der Waals surface area contributed by atoms with E-state index in [1.54, 1.807) is 0 Å². The molecular formula is C26H33F2N3O2. The Balaban J connectivity index is 1.53. The van der Waals surface area contributed by atoms with Crippen LogP contribution < -0.4 is 0 Å². The molecule has 33 heavy (non-hydrogen) atoms. The summed E-state index contributed by atoms with van der Waals surface area (Å²) >= 11 is 0. The van der Waals surface area contributed by atoms with E-state index < -0.39 is 23.1 Å². The van der Waals surface area contributed by atoms with Gasteiger partial charge in [0.15, 0.2) is 0 Å². The third-order valence-corrected chi connectivity index (χ3v) is 9.06. The number of ether oxygens (including phenoxy) is 1. The largest absolute Gasteiger partial charge is 0.371 e. The standard InChI is InChI=1S/C26H33F2N3O2/c1-16-13-21(22-19(27)7-5-8-20(22)28)30-29-17(2)26(11-9-18(16)24(26,3)4)23(32)31-14-25(15-31)10-6-12-33-25/h5,7-8,13,16-18H,6,9-12,14-15H2,1-4H3/b21-13-,30-29?. The Kier molecular flexibility index (Phi) is 5.27. The maximum Gasteiger partial charge on any atom is 0.231 e. The summed E-state index contributed by atoms with van der Waals surface area (Å²) in [5.74, 6) is -1.05. The number of azo groups is 1. The van der Waals surface area contributed by atoms with E-state index in [1.165, 1.54) is 18.2 Å². The molecule has 7 heteroatoms. The van der Waals surface area contributed by atoms with Crippen molar-refractivity contribution in [2.75, 3.05) is 19.7 Å². The van der Waals surface area contributed by atoms with E-state index in [4.69, 9.17) is 4.74 Å². The van der Waals surface area contributed by atoms with E-state index >= 15 is 0 Å². The lowest BCUT2D eigenvalue weighted by Crippen LogP contribution is -2.68. The molecule has 1 spiro atoms. The van der Waals surface area contributed by atoms with Gasteiger partial charge in [-0.2, -0.15) is 10.2 Å². The van der Waals surface area contributed by atoms with E-state index in [0.717, 1.165) is 32.3 Å². The molecule has 1 aromatic carbocycles. The van der Waals surface area contributed by atoms with Crippen molar-refractivity contribution in [2.24, 2.45) is 32.9 Å². The number of nitrogens with zero attached hydrogens (tertiary/aromatic N) is 3. The summed E-state index contributed by atoms with van der Waals surface area (Å²) in [4.78, 5) is 16.0. The summed E-state index contributed by atoms with van der Waals surface area (Å²) in [6, 6.07) is 3.40. The smallest absolute Gasteiger partial charge is 0.231 e. The summed E-state index contributed by atoms with van der Waals surface area (Å²) in [7, 11) is 0. The number of allylic oxidation sites excluding steroid dienone is 1. The van der Waals surface area contributed by atoms with Gasteiger partial charge < -0.3 is 9.64 Å². The molecular weight excluding hydrogens is 424 g/mol. The number of hydrogen-bond acceptors (Lipinski definition) is 4. The van der Waals surface area contributed by atoms with Crippen LogP contribution in [-0.4, -0.2) is 42.1 Å². The zero-order chi connectivity index (χ0) is 23.6. The van der Waals surface area contributed by atoms with Crippen molar-refractivity contribution < 1.29 is 18.3 Å². The van der Waals surface area contributed by atoms with E-state index in [1.807, 2.05) is 17.9 Å². The first-order valence-corrected chi connectivity index (χ1v) is 12.1. The quantitative estimate of drug-likeness (QED) is 0.580. The molecule has 3 fully saturated rings. The van der Waals surface area contributed by atoms with Crippen molar-refractivity contribution in [1.82, 2.24) is 4.90 Å². The highest BCUT2D eigenvalue weighted by Crippen LogP contribution is 2.62. The molecule has 1 aliphatic carbocycles. The molecule has 4 aliphatic rings. The van der Waals surface area contributed by atoms with Gasteiger partial charge in [0.05, 0.1) is 35.8 Å². The fourth-order valence-corrected chi connectivity index (χ4v) is 7.23. The minimum Gasteiger partial charge on any atom is -0.371 e. The Morgan fingerprint density at radius 3 is 2.48 bits per heavy atom. The SMILES string of the molecule is CC1/C=C(/c2c(F)cccc2F)N=NC(C)C2(C(=O)N3CC4(CCCO4)C3)CCC1C2(C)C. The fourth-order valence-electron chi connectivity index (χ4n) is 7.23. The van der Waals surface area contributed by atoms with Gasteiger partial charge in [-0.1, -0.05) is 32.9 Å². The van der Waals surface area contributed by atoms with Crippen LogP contribution in [0.2, 0.25) is 0 Å². The number of rotatable bonds is 2. The molecule has 4 atom stereocenters. The van der Waals surface area contributed by atoms with Crippen molar-refractivity contribution >= 4 is 11.6 Å². The first kappa shape index (κ1) is 22.6. The minimum atomic E-state index is -0.716. The normalized spacial score (nSPS) is 36.0. The molecule has 178 valence electrons. The fraction of sp³-hybridized carbons (Fsp3) is 0.654. The zero-order valence-corrected chi connectivity index (χ0v) is 19.9. The van der Waals surface area contributed by atoms with Crippen LogP contribution in [0.15, 0.2) is 34.5 Å². The van der Waals surface area contributed by atoms with E-state index in [0.29, 0.717) is 13.1 Å². The summed E-state index contributed by atoms with van der Waals surface area (Å²) in [6.45, 7) is 10.4. The predicted molar refractivity (Wildman–Crippen MR) is 121 cm³/mol. The Labute approximate surface area is 194 Å². The molecule has 0 N–H and O–H groups in total. The number of benzene rings is 1. The van der Waals surface area contributed by atoms with Gasteiger partial charge in [-0.25, -0.2) is 8.78 Å². The van der Waals surface area contributed by atoms with Crippen LogP contribution in [0.25, 0.3) is 5.70 Å². The van der Waals surface area contributed by atoms with Crippen molar-refractivity contribution in [3.05, 3.63) is 41.5 Å². The van der Waals surface area contributed by atoms with Crippen LogP contribution >= 0.6 is 0 Å². The summed E-state index contributed by atoms with van der Waals surface area (Å²) < 4.78 is 35.1. The van der Waals surface area contributed by atoms with Crippen molar-refractivity contribution in [1.29, 1.82) is 0 Å². The Morgan fingerprint density at radius 2 is 1.85 bits per heavy atom. The van der Waals surface area contributed by atoms with Crippen LogP contribution in [0.3, 0.4) is 0 Å². The van der Waals surface area contributed by atoms with Crippen LogP contribution in [0.1, 0.15) is 58.9 Å². The second kappa shape index (κ2) is 7.69. The third-order valence-electron chi connectivity index (χ3n) is 9.06. The minimum absolute atomic E-state index is 0.0196. The Morgan fingerprint density at radius 1 is 1.15 bits per heavy atom. The maximum absolute atomic E-state index is 14.6. The highest BCUT2D eigenvalue weighted by Gasteiger charge is 2.65. The lowest BCUT2D eigenvalue weighted by molar-refractivity contribution is -0.176. The van der Waals surface area contributed by atoms with Gasteiger partial charge in [0.1, 0.15) is 17.2 Å². The molecule has 3 heterocycles. The highest BCUT2D eigenvalue weighted by atomic mass is 19.1. The molecule has 2 saturated heterocycles. The number of halogens is 2. The predicted octanol–water partition coefficient (Wildman–Crippen LogP) is 5.61. The number of carbonyl (C=O) groups is 1. The van der Waals surface area contributed by atoms with Crippen molar-refractivity contribution in [3.63, 3.8) is 0 Å². The van der Waals surface area contributed by atoms with Gasteiger partial charge in [0.2, 0.25) is 5.91 Å². The summed E-state index contributed by atoms with van der Waals surface area (Å²) in [5, 5.41) is 8.92. The molecule has 1 saturated carbocycles. The monoisotopic (exact) mass is 457 g/mol. The molecule has 3 aliphatic heterocycles. The molecule has 0 aromatic heterocycles. The van der Waals surface area contributed by atoms with Crippen LogP contribution in [0, 0.1) is 34.3 Å². The summed E-state index contributed by atoms with van der Waals surface area (Å²) in [6.07, 6.45) is 5.48. The van der Waals surface area contributed by atoms with Gasteiger partial charge in [-0.3, -0.25) is 4.79 Å². The average Bonchev–Trinajstić information content (AvgIpc) is 3.33. The maximum atomic E-state index is 14.6. The second-order valence-electron chi connectivity index (χ2n) is 11.0. The van der Waals surface area contributed by atoms with Gasteiger partial charge in [0.25, 0.3) is 0 Å². The average molecular weight is 458 g/mol.